The number of hydrogen-bond acceptors (Lipinski definition) is 15. The van der Waals surface area contributed by atoms with Gasteiger partial charge in [-0.2, -0.15) is 0 Å². The van der Waals surface area contributed by atoms with Gasteiger partial charge in [0.2, 0.25) is 0 Å². The fourth-order valence-corrected chi connectivity index (χ4v) is 12.1. The molecule has 0 N–H and O–H groups in total. The average Bonchev–Trinajstić information content (AvgIpc) is 0.897. The standard InChI is InChI=1S/C44H63FO7.C43H61FO8/c1-6-7-8-9-10-11-13-16-25-48-38-23-24-40(41(45)31-38)37-29-35(20-18-27-50-43(46)33(2)3)42(49-26-17-14-12-15-22-39-32-52-39)36(30-37)21-19-28-51-44(47)34(4)5;1-6-7-8-9-10-11-12-13-22-49-38-18-19-39(40(44)29-38)37-27-35(16-14-23-50-42(45)32(2)3)41(52-31-48-30-34-20-25-47-26-21-34)36(28-37)17-15-24-51-43(46)33(4)5/h23-24,29-31,39H,2,4,6-22,25-28,32H2,1,3,5H3;18-19,27-29,34H,2,4,6-17,20-26,30-31H2,1,3,5H3. The molecule has 2 saturated heterocycles. The van der Waals surface area contributed by atoms with Crippen LogP contribution < -0.4 is 18.9 Å². The summed E-state index contributed by atoms with van der Waals surface area (Å²) < 4.78 is 94.4. The minimum atomic E-state index is -0.441. The van der Waals surface area contributed by atoms with Crippen molar-refractivity contribution in [3.8, 4) is 45.3 Å². The number of carbonyl (C=O) groups is 4. The van der Waals surface area contributed by atoms with Crippen molar-refractivity contribution < 1.29 is 80.1 Å². The highest BCUT2D eigenvalue weighted by molar-refractivity contribution is 5.88. The lowest BCUT2D eigenvalue weighted by atomic mass is 9.94. The summed E-state index contributed by atoms with van der Waals surface area (Å²) in [6.45, 7) is 31.0. The number of halogens is 2. The number of rotatable bonds is 55. The molecule has 104 heavy (non-hydrogen) atoms. The van der Waals surface area contributed by atoms with Crippen molar-refractivity contribution in [1.82, 2.24) is 0 Å². The van der Waals surface area contributed by atoms with Gasteiger partial charge < -0.3 is 52.1 Å². The Morgan fingerprint density at radius 1 is 0.423 bits per heavy atom. The third kappa shape index (κ3) is 35.6. The maximum Gasteiger partial charge on any atom is 0.333 e. The summed E-state index contributed by atoms with van der Waals surface area (Å²) in [5.41, 5.74) is 7.19. The van der Waals surface area contributed by atoms with E-state index in [2.05, 4.69) is 40.2 Å². The number of carbonyl (C=O) groups excluding carboxylic acids is 4. The van der Waals surface area contributed by atoms with E-state index in [1.807, 2.05) is 36.4 Å². The summed E-state index contributed by atoms with van der Waals surface area (Å²) in [6.07, 6.45) is 31.3. The Morgan fingerprint density at radius 3 is 1.11 bits per heavy atom. The molecular weight excluding hydrogens is 1320 g/mol. The highest BCUT2D eigenvalue weighted by atomic mass is 19.1. The maximum absolute atomic E-state index is 15.8. The lowest BCUT2D eigenvalue weighted by Gasteiger charge is -2.23. The summed E-state index contributed by atoms with van der Waals surface area (Å²) in [6, 6.07) is 17.9. The predicted molar refractivity (Wildman–Crippen MR) is 410 cm³/mol. The summed E-state index contributed by atoms with van der Waals surface area (Å²) in [5.74, 6) is 0.374. The minimum Gasteiger partial charge on any atom is -0.493 e. The molecule has 2 aliphatic rings. The van der Waals surface area contributed by atoms with Gasteiger partial charge in [-0.05, 0) is 205 Å². The summed E-state index contributed by atoms with van der Waals surface area (Å²) in [7, 11) is 0. The molecule has 0 amide bonds. The monoisotopic (exact) mass is 1450 g/mol. The average molecular weight is 1450 g/mol. The van der Waals surface area contributed by atoms with E-state index in [1.54, 1.807) is 39.8 Å². The number of ether oxygens (including phenoxy) is 11. The van der Waals surface area contributed by atoms with Crippen LogP contribution in [0, 0.1) is 17.6 Å². The Labute approximate surface area is 621 Å². The van der Waals surface area contributed by atoms with Crippen molar-refractivity contribution in [1.29, 1.82) is 0 Å². The van der Waals surface area contributed by atoms with E-state index in [-0.39, 0.29) is 44.9 Å². The molecule has 2 aliphatic heterocycles. The first-order valence-electron chi connectivity index (χ1n) is 38.9. The maximum atomic E-state index is 15.8. The summed E-state index contributed by atoms with van der Waals surface area (Å²) >= 11 is 0. The number of aryl methyl sites for hydroxylation is 4. The highest BCUT2D eigenvalue weighted by Crippen LogP contribution is 2.38. The summed E-state index contributed by atoms with van der Waals surface area (Å²) in [5, 5.41) is 0. The first-order valence-corrected chi connectivity index (χ1v) is 38.9. The van der Waals surface area contributed by atoms with Crippen LogP contribution in [0.3, 0.4) is 0 Å². The topological polar surface area (TPSA) is 173 Å². The van der Waals surface area contributed by atoms with Crippen LogP contribution in [0.25, 0.3) is 22.3 Å². The van der Waals surface area contributed by atoms with E-state index >= 15 is 8.78 Å². The van der Waals surface area contributed by atoms with E-state index in [1.165, 1.54) is 89.2 Å². The molecular formula is C87H124F2O15. The van der Waals surface area contributed by atoms with Crippen LogP contribution in [-0.4, -0.2) is 109 Å². The third-order valence-corrected chi connectivity index (χ3v) is 18.3. The van der Waals surface area contributed by atoms with Gasteiger partial charge in [0.25, 0.3) is 0 Å². The number of hydrogen-bond donors (Lipinski definition) is 0. The SMILES string of the molecule is C=C(C)C(=O)OCCCc1cc(-c2ccc(OCCCCCCCCCC)cc2F)cc(CCCOC(=O)C(=C)C)c1OCCCCCCC1CO1.C=C(C)C(=O)OCCCc1cc(-c2ccc(OCCCCCCCCCC)cc2F)cc(CCCOC(=O)C(=C)C)c1OCOCC1CCOCC1. The quantitative estimate of drug-likeness (QED) is 0.0102. The van der Waals surface area contributed by atoms with Crippen LogP contribution >= 0.6 is 0 Å². The molecule has 4 aromatic carbocycles. The Balaban J connectivity index is 0.000000374. The van der Waals surface area contributed by atoms with Crippen LogP contribution in [-0.2, 0) is 78.0 Å². The fourth-order valence-electron chi connectivity index (χ4n) is 12.1. The van der Waals surface area contributed by atoms with E-state index in [4.69, 9.17) is 52.1 Å². The summed E-state index contributed by atoms with van der Waals surface area (Å²) in [4.78, 5) is 48.1. The molecule has 15 nitrogen and oxygen atoms in total. The molecule has 0 aliphatic carbocycles. The molecule has 6 rings (SSSR count). The molecule has 17 heteroatoms. The molecule has 0 spiro atoms. The molecule has 2 fully saturated rings. The second-order valence-electron chi connectivity index (χ2n) is 28.0. The molecule has 576 valence electrons. The number of epoxide rings is 1. The van der Waals surface area contributed by atoms with Crippen molar-refractivity contribution in [2.45, 2.75) is 247 Å². The van der Waals surface area contributed by atoms with E-state index in [9.17, 15) is 19.2 Å². The Kier molecular flexibility index (Phi) is 43.5. The highest BCUT2D eigenvalue weighted by Gasteiger charge is 2.23. The second kappa shape index (κ2) is 51.8. The van der Waals surface area contributed by atoms with Gasteiger partial charge in [-0.15, -0.1) is 0 Å². The van der Waals surface area contributed by atoms with Gasteiger partial charge in [-0.3, -0.25) is 0 Å². The van der Waals surface area contributed by atoms with Crippen LogP contribution in [0.4, 0.5) is 8.78 Å². The van der Waals surface area contributed by atoms with Crippen molar-refractivity contribution >= 4 is 23.9 Å². The van der Waals surface area contributed by atoms with Gasteiger partial charge in [0, 0.05) is 58.8 Å². The molecule has 2 heterocycles. The zero-order valence-electron chi connectivity index (χ0n) is 64.0. The Morgan fingerprint density at radius 2 is 0.760 bits per heavy atom. The lowest BCUT2D eigenvalue weighted by molar-refractivity contribution is -0.139. The molecule has 4 aromatic rings. The Bertz CT molecular complexity index is 3140. The van der Waals surface area contributed by atoms with E-state index in [0.717, 1.165) is 124 Å². The zero-order chi connectivity index (χ0) is 75.1. The number of benzene rings is 4. The van der Waals surface area contributed by atoms with Gasteiger partial charge in [0.05, 0.1) is 65.6 Å². The molecule has 0 bridgehead atoms. The van der Waals surface area contributed by atoms with Crippen LogP contribution in [0.5, 0.6) is 23.0 Å². The lowest BCUT2D eigenvalue weighted by Crippen LogP contribution is -2.21. The van der Waals surface area contributed by atoms with Crippen molar-refractivity contribution in [3.05, 3.63) is 143 Å². The number of unbranched alkanes of at least 4 members (excludes halogenated alkanes) is 17. The van der Waals surface area contributed by atoms with Gasteiger partial charge in [-0.25, -0.2) is 28.0 Å². The molecule has 0 saturated carbocycles. The van der Waals surface area contributed by atoms with Crippen molar-refractivity contribution in [2.24, 2.45) is 5.92 Å². The van der Waals surface area contributed by atoms with Gasteiger partial charge >= 0.3 is 23.9 Å². The van der Waals surface area contributed by atoms with E-state index in [0.29, 0.717) is 146 Å². The third-order valence-electron chi connectivity index (χ3n) is 18.3. The Hall–Kier alpha value is -7.34. The van der Waals surface area contributed by atoms with Gasteiger partial charge in [-0.1, -0.05) is 149 Å². The van der Waals surface area contributed by atoms with Crippen LogP contribution in [0.2, 0.25) is 0 Å². The second-order valence-corrected chi connectivity index (χ2v) is 28.0. The van der Waals surface area contributed by atoms with Crippen molar-refractivity contribution in [3.63, 3.8) is 0 Å². The molecule has 1 atom stereocenters. The van der Waals surface area contributed by atoms with E-state index < -0.39 is 23.9 Å². The van der Waals surface area contributed by atoms with Gasteiger partial charge in [0.15, 0.2) is 6.79 Å². The first-order chi connectivity index (χ1) is 50.4. The minimum absolute atomic E-state index is 0.0469. The predicted octanol–water partition coefficient (Wildman–Crippen LogP) is 20.7. The smallest absolute Gasteiger partial charge is 0.333 e. The van der Waals surface area contributed by atoms with Crippen LogP contribution in [0.1, 0.15) is 237 Å². The first kappa shape index (κ1) is 87.3. The van der Waals surface area contributed by atoms with Gasteiger partial charge in [0.1, 0.15) is 34.6 Å². The number of esters is 4. The fraction of sp³-hybridized carbons (Fsp3) is 0.586. The van der Waals surface area contributed by atoms with Crippen LogP contribution in [0.15, 0.2) is 109 Å². The molecule has 0 radical (unpaired) electrons. The zero-order valence-corrected chi connectivity index (χ0v) is 64.0. The molecule has 0 aromatic heterocycles. The normalized spacial score (nSPS) is 13.2. The van der Waals surface area contributed by atoms with Crippen molar-refractivity contribution in [2.75, 3.05) is 79.5 Å². The largest absolute Gasteiger partial charge is 0.493 e. The molecule has 1 unspecified atom stereocenters.